The molecule has 14 heteroatoms. The molecule has 3 amide bonds. The normalized spacial score (nSPS) is 11.7. The first kappa shape index (κ1) is 50.5. The number of ketones is 2. The summed E-state index contributed by atoms with van der Waals surface area (Å²) in [7, 11) is 0. The molecule has 0 heterocycles. The number of carbonyl (C=O) groups is 5. The molecule has 0 rings (SSSR count). The summed E-state index contributed by atoms with van der Waals surface area (Å²) in [5, 5.41) is 8.70. The molecule has 0 saturated carbocycles. The lowest BCUT2D eigenvalue weighted by atomic mass is 10.0. The van der Waals surface area contributed by atoms with Crippen molar-refractivity contribution in [3.63, 3.8) is 0 Å². The van der Waals surface area contributed by atoms with Crippen LogP contribution in [0, 0.1) is 0 Å². The van der Waals surface area contributed by atoms with Crippen molar-refractivity contribution in [2.24, 2.45) is 0 Å². The topological polar surface area (TPSA) is 158 Å². The third kappa shape index (κ3) is 35.6. The predicted octanol–water partition coefficient (Wildman–Crippen LogP) is 6.13. The van der Waals surface area contributed by atoms with Crippen LogP contribution in [0.1, 0.15) is 129 Å². The number of alkyl halides is 2. The van der Waals surface area contributed by atoms with Crippen LogP contribution in [0.15, 0.2) is 0 Å². The Kier molecular flexibility index (Phi) is 38.2. The van der Waals surface area contributed by atoms with Gasteiger partial charge in [-0.15, -0.1) is 0 Å². The fourth-order valence-corrected chi connectivity index (χ4v) is 5.64. The molecule has 0 fully saturated rings. The highest BCUT2D eigenvalue weighted by molar-refractivity contribution is 9.09. The number of amides is 3. The Morgan fingerprint density at radius 1 is 0.481 bits per heavy atom. The third-order valence-corrected chi connectivity index (χ3v) is 9.28. The molecule has 0 aromatic heterocycles. The van der Waals surface area contributed by atoms with Crippen LogP contribution in [-0.2, 0) is 42.9 Å². The van der Waals surface area contributed by atoms with E-state index in [4.69, 9.17) is 18.9 Å². The molecular formula is C38H69Br2N3O9. The average molecular weight is 872 g/mol. The van der Waals surface area contributed by atoms with E-state index < -0.39 is 6.04 Å². The second-order valence-corrected chi connectivity index (χ2v) is 14.0. The molecule has 3 N–H and O–H groups in total. The molecule has 0 spiro atoms. The number of rotatable bonds is 40. The van der Waals surface area contributed by atoms with E-state index in [1.807, 2.05) is 0 Å². The van der Waals surface area contributed by atoms with Gasteiger partial charge in [-0.05, 0) is 32.1 Å². The van der Waals surface area contributed by atoms with Crippen molar-refractivity contribution in [3.05, 3.63) is 0 Å². The lowest BCUT2D eigenvalue weighted by molar-refractivity contribution is -0.126. The van der Waals surface area contributed by atoms with Gasteiger partial charge in [0.1, 0.15) is 5.78 Å². The summed E-state index contributed by atoms with van der Waals surface area (Å²) in [5.74, 6) is -0.245. The number of ether oxygens (including phenoxy) is 4. The number of unbranched alkanes of at least 4 members (excludes halogenated alkanes) is 10. The number of hydrogen-bond acceptors (Lipinski definition) is 9. The van der Waals surface area contributed by atoms with Crippen molar-refractivity contribution in [1.82, 2.24) is 16.0 Å². The first-order valence-corrected chi connectivity index (χ1v) is 21.9. The Morgan fingerprint density at radius 2 is 1.00 bits per heavy atom. The van der Waals surface area contributed by atoms with Gasteiger partial charge >= 0.3 is 0 Å². The highest BCUT2D eigenvalue weighted by Gasteiger charge is 2.19. The van der Waals surface area contributed by atoms with E-state index in [1.165, 1.54) is 57.8 Å². The van der Waals surface area contributed by atoms with Gasteiger partial charge in [0, 0.05) is 52.0 Å². The number of nitrogens with one attached hydrogen (secondary N) is 3. The zero-order valence-corrected chi connectivity index (χ0v) is 35.1. The van der Waals surface area contributed by atoms with E-state index in [-0.39, 0.29) is 46.4 Å². The molecule has 0 radical (unpaired) electrons. The molecular weight excluding hydrogens is 802 g/mol. The van der Waals surface area contributed by atoms with Crippen LogP contribution in [-0.4, -0.2) is 112 Å². The molecule has 52 heavy (non-hydrogen) atoms. The minimum atomic E-state index is -0.599. The maximum Gasteiger partial charge on any atom is 0.231 e. The molecule has 304 valence electrons. The lowest BCUT2D eigenvalue weighted by Gasteiger charge is -2.17. The Hall–Kier alpha value is -1.45. The van der Waals surface area contributed by atoms with E-state index in [1.54, 1.807) is 0 Å². The molecule has 0 bridgehead atoms. The summed E-state index contributed by atoms with van der Waals surface area (Å²) in [6.07, 6.45) is 17.8. The van der Waals surface area contributed by atoms with Gasteiger partial charge in [-0.3, -0.25) is 24.0 Å². The smallest absolute Gasteiger partial charge is 0.231 e. The highest BCUT2D eigenvalue weighted by atomic mass is 79.9. The minimum Gasteiger partial charge on any atom is -0.379 e. The van der Waals surface area contributed by atoms with Crippen molar-refractivity contribution in [1.29, 1.82) is 0 Å². The Labute approximate surface area is 330 Å². The molecule has 0 aromatic rings. The van der Waals surface area contributed by atoms with Gasteiger partial charge in [0.25, 0.3) is 0 Å². The van der Waals surface area contributed by atoms with Crippen molar-refractivity contribution in [3.8, 4) is 0 Å². The zero-order chi connectivity index (χ0) is 38.3. The lowest BCUT2D eigenvalue weighted by Crippen LogP contribution is -2.42. The fraction of sp³-hybridized carbons (Fsp3) is 0.868. The first-order valence-electron chi connectivity index (χ1n) is 19.6. The van der Waals surface area contributed by atoms with Crippen LogP contribution in [0.25, 0.3) is 0 Å². The van der Waals surface area contributed by atoms with E-state index in [0.29, 0.717) is 111 Å². The largest absolute Gasteiger partial charge is 0.379 e. The second kappa shape index (κ2) is 39.2. The first-order chi connectivity index (χ1) is 25.3. The number of halogens is 2. The zero-order valence-electron chi connectivity index (χ0n) is 31.9. The predicted molar refractivity (Wildman–Crippen MR) is 212 cm³/mol. The number of carbonyl (C=O) groups excluding carboxylic acids is 5. The summed E-state index contributed by atoms with van der Waals surface area (Å²) in [4.78, 5) is 59.8. The van der Waals surface area contributed by atoms with Gasteiger partial charge in [0.2, 0.25) is 17.7 Å². The Morgan fingerprint density at radius 3 is 1.60 bits per heavy atom. The standard InChI is InChI=1S/C38H69Br2N3O9/c1-2-3-4-5-6-7-8-9-10-11-12-19-36(46)42-22-26-52-30-28-49-23-14-16-33(44)20-25-51-29-27-50-24-15-18-35(45)34(43-38(48)32-40)17-13-21-41-37(47)31-39/h34H,2-32H2,1H3,(H,41,47)(H,42,46)(H,43,48)/t34-/m0/s1. The summed E-state index contributed by atoms with van der Waals surface area (Å²) in [6.45, 7) is 6.46. The van der Waals surface area contributed by atoms with E-state index in [9.17, 15) is 24.0 Å². The average Bonchev–Trinajstić information content (AvgIpc) is 3.14. The van der Waals surface area contributed by atoms with Crippen LogP contribution < -0.4 is 16.0 Å². The molecule has 0 aliphatic carbocycles. The van der Waals surface area contributed by atoms with E-state index in [0.717, 1.165) is 12.8 Å². The van der Waals surface area contributed by atoms with Crippen molar-refractivity contribution >= 4 is 61.1 Å². The Balaban J connectivity index is 3.57. The van der Waals surface area contributed by atoms with E-state index in [2.05, 4.69) is 54.7 Å². The summed E-state index contributed by atoms with van der Waals surface area (Å²) in [5.41, 5.74) is 0. The molecule has 0 saturated heterocycles. The van der Waals surface area contributed by atoms with Crippen LogP contribution >= 0.6 is 31.9 Å². The SMILES string of the molecule is CCCCCCCCCCCCCC(=O)NCCOCCOCCCC(=O)CCOCCOCCCC(=O)[C@H](CCCNC(=O)CBr)NC(=O)CBr. The fourth-order valence-electron chi connectivity index (χ4n) is 5.28. The summed E-state index contributed by atoms with van der Waals surface area (Å²) < 4.78 is 22.1. The maximum atomic E-state index is 12.6. The maximum absolute atomic E-state index is 12.6. The van der Waals surface area contributed by atoms with Gasteiger partial charge in [0.15, 0.2) is 5.78 Å². The quantitative estimate of drug-likeness (QED) is 0.0487. The van der Waals surface area contributed by atoms with Gasteiger partial charge in [-0.25, -0.2) is 0 Å². The highest BCUT2D eigenvalue weighted by Crippen LogP contribution is 2.12. The molecule has 0 aliphatic heterocycles. The van der Waals surface area contributed by atoms with Crippen molar-refractivity contribution < 1.29 is 42.9 Å². The van der Waals surface area contributed by atoms with Crippen LogP contribution in [0.5, 0.6) is 0 Å². The number of Topliss-reactive ketones (excluding diaryl/α,β-unsaturated/α-hetero) is 2. The summed E-state index contributed by atoms with van der Waals surface area (Å²) >= 11 is 6.18. The van der Waals surface area contributed by atoms with Crippen LogP contribution in [0.4, 0.5) is 0 Å². The molecule has 1 atom stereocenters. The molecule has 0 unspecified atom stereocenters. The monoisotopic (exact) mass is 869 g/mol. The number of hydrogen-bond donors (Lipinski definition) is 3. The Bertz CT molecular complexity index is 915. The van der Waals surface area contributed by atoms with E-state index >= 15 is 0 Å². The van der Waals surface area contributed by atoms with Crippen LogP contribution in [0.2, 0.25) is 0 Å². The van der Waals surface area contributed by atoms with Gasteiger partial charge < -0.3 is 34.9 Å². The third-order valence-electron chi connectivity index (χ3n) is 8.26. The van der Waals surface area contributed by atoms with Crippen LogP contribution in [0.3, 0.4) is 0 Å². The minimum absolute atomic E-state index is 0.0694. The van der Waals surface area contributed by atoms with Crippen molar-refractivity contribution in [2.45, 2.75) is 135 Å². The molecule has 0 aromatic carbocycles. The molecule has 12 nitrogen and oxygen atoms in total. The van der Waals surface area contributed by atoms with Crippen molar-refractivity contribution in [2.75, 3.05) is 76.6 Å². The molecule has 0 aliphatic rings. The summed E-state index contributed by atoms with van der Waals surface area (Å²) in [6, 6.07) is -0.599. The second-order valence-electron chi connectivity index (χ2n) is 12.9. The van der Waals surface area contributed by atoms with Gasteiger partial charge in [0.05, 0.1) is 56.3 Å². The van der Waals surface area contributed by atoms with Gasteiger partial charge in [-0.1, -0.05) is 103 Å². The van der Waals surface area contributed by atoms with Gasteiger partial charge in [-0.2, -0.15) is 0 Å².